The van der Waals surface area contributed by atoms with Crippen LogP contribution in [0.15, 0.2) is 11.6 Å². The maximum Gasteiger partial charge on any atom is 0.205 e. The average Bonchev–Trinajstić information content (AvgIpc) is 2.91. The zero-order valence-electron chi connectivity index (χ0n) is 8.77. The minimum absolute atomic E-state index is 0.124. The first kappa shape index (κ1) is 10.7. The summed E-state index contributed by atoms with van der Waals surface area (Å²) in [7, 11) is 2.00. The molecule has 1 aliphatic rings. The van der Waals surface area contributed by atoms with Crippen LogP contribution in [0.5, 0.6) is 0 Å². The van der Waals surface area contributed by atoms with Gasteiger partial charge in [-0.15, -0.1) is 11.3 Å². The molecule has 0 radical (unpaired) electrons. The Kier molecular flexibility index (Phi) is 3.45. The molecule has 4 nitrogen and oxygen atoms in total. The van der Waals surface area contributed by atoms with E-state index >= 15 is 0 Å². The molecule has 1 saturated heterocycles. The SMILES string of the molecule is CN(CC(=O)c1nccs1)[C@@H]1CCNC1. The smallest absolute Gasteiger partial charge is 0.205 e. The molecule has 0 spiro atoms. The Labute approximate surface area is 93.3 Å². The maximum atomic E-state index is 11.8. The molecule has 1 aromatic rings. The van der Waals surface area contributed by atoms with Crippen molar-refractivity contribution in [3.05, 3.63) is 16.6 Å². The summed E-state index contributed by atoms with van der Waals surface area (Å²) in [6.07, 6.45) is 2.80. The van der Waals surface area contributed by atoms with Gasteiger partial charge in [-0.3, -0.25) is 9.69 Å². The van der Waals surface area contributed by atoms with Crippen molar-refractivity contribution >= 4 is 17.1 Å². The number of Topliss-reactive ketones (excluding diaryl/α,β-unsaturated/α-hetero) is 1. The van der Waals surface area contributed by atoms with E-state index in [0.717, 1.165) is 19.5 Å². The lowest BCUT2D eigenvalue weighted by atomic mass is 10.2. The molecule has 82 valence electrons. The lowest BCUT2D eigenvalue weighted by molar-refractivity contribution is 0.0924. The third kappa shape index (κ3) is 2.62. The van der Waals surface area contributed by atoms with E-state index in [1.54, 1.807) is 6.20 Å². The van der Waals surface area contributed by atoms with Gasteiger partial charge in [-0.25, -0.2) is 4.98 Å². The topological polar surface area (TPSA) is 45.2 Å². The number of rotatable bonds is 4. The Balaban J connectivity index is 1.88. The Morgan fingerprint density at radius 3 is 3.27 bits per heavy atom. The van der Waals surface area contributed by atoms with Crippen molar-refractivity contribution in [3.63, 3.8) is 0 Å². The molecule has 1 aliphatic heterocycles. The van der Waals surface area contributed by atoms with Crippen LogP contribution in [-0.2, 0) is 0 Å². The van der Waals surface area contributed by atoms with E-state index in [4.69, 9.17) is 0 Å². The third-order valence-corrected chi connectivity index (χ3v) is 3.54. The van der Waals surface area contributed by atoms with E-state index in [0.29, 0.717) is 17.6 Å². The Morgan fingerprint density at radius 2 is 2.67 bits per heavy atom. The number of ketones is 1. The van der Waals surface area contributed by atoms with Gasteiger partial charge in [-0.2, -0.15) is 0 Å². The number of nitrogens with zero attached hydrogens (tertiary/aromatic N) is 2. The van der Waals surface area contributed by atoms with Gasteiger partial charge in [0.2, 0.25) is 5.78 Å². The van der Waals surface area contributed by atoms with Crippen molar-refractivity contribution in [2.75, 3.05) is 26.7 Å². The van der Waals surface area contributed by atoms with Crippen LogP contribution in [0, 0.1) is 0 Å². The molecule has 2 heterocycles. The predicted octanol–water partition coefficient (Wildman–Crippen LogP) is 0.619. The van der Waals surface area contributed by atoms with E-state index in [2.05, 4.69) is 15.2 Å². The summed E-state index contributed by atoms with van der Waals surface area (Å²) in [5.41, 5.74) is 0. The molecule has 0 amide bonds. The molecule has 0 bridgehead atoms. The van der Waals surface area contributed by atoms with E-state index in [1.165, 1.54) is 11.3 Å². The molecule has 0 aromatic carbocycles. The van der Waals surface area contributed by atoms with E-state index in [1.807, 2.05) is 12.4 Å². The zero-order chi connectivity index (χ0) is 10.7. The summed E-state index contributed by atoms with van der Waals surface area (Å²) in [5.74, 6) is 0.124. The minimum Gasteiger partial charge on any atom is -0.315 e. The zero-order valence-corrected chi connectivity index (χ0v) is 9.59. The van der Waals surface area contributed by atoms with Gasteiger partial charge in [0, 0.05) is 24.2 Å². The fraction of sp³-hybridized carbons (Fsp3) is 0.600. The number of likely N-dealkylation sites (N-methyl/N-ethyl adjacent to an activating group) is 1. The summed E-state index contributed by atoms with van der Waals surface area (Å²) < 4.78 is 0. The summed E-state index contributed by atoms with van der Waals surface area (Å²) in [5, 5.41) is 5.75. The molecule has 2 rings (SSSR count). The van der Waals surface area contributed by atoms with Crippen LogP contribution < -0.4 is 5.32 Å². The van der Waals surface area contributed by atoms with E-state index in [-0.39, 0.29) is 5.78 Å². The molecular weight excluding hydrogens is 210 g/mol. The van der Waals surface area contributed by atoms with Crippen LogP contribution in [0.1, 0.15) is 16.2 Å². The van der Waals surface area contributed by atoms with E-state index in [9.17, 15) is 4.79 Å². The number of thiazole rings is 1. The molecule has 1 atom stereocenters. The Hall–Kier alpha value is -0.780. The standard InChI is InChI=1S/C10H15N3OS/c1-13(8-2-3-11-6-8)7-9(14)10-12-4-5-15-10/h4-5,8,11H,2-3,6-7H2,1H3/t8-/m1/s1. The van der Waals surface area contributed by atoms with Crippen LogP contribution in [0.4, 0.5) is 0 Å². The number of hydrogen-bond acceptors (Lipinski definition) is 5. The Morgan fingerprint density at radius 1 is 1.80 bits per heavy atom. The summed E-state index contributed by atoms with van der Waals surface area (Å²) in [6, 6.07) is 0.494. The largest absolute Gasteiger partial charge is 0.315 e. The second kappa shape index (κ2) is 4.83. The van der Waals surface area contributed by atoms with Crippen molar-refractivity contribution in [3.8, 4) is 0 Å². The molecule has 5 heteroatoms. The molecule has 0 aliphatic carbocycles. The van der Waals surface area contributed by atoms with Crippen molar-refractivity contribution in [2.45, 2.75) is 12.5 Å². The molecule has 0 saturated carbocycles. The number of nitrogens with one attached hydrogen (secondary N) is 1. The van der Waals surface area contributed by atoms with Crippen molar-refractivity contribution in [1.82, 2.24) is 15.2 Å². The summed E-state index contributed by atoms with van der Waals surface area (Å²) in [6.45, 7) is 2.52. The first-order valence-electron chi connectivity index (χ1n) is 5.11. The van der Waals surface area contributed by atoms with Gasteiger partial charge in [0.1, 0.15) is 0 Å². The van der Waals surface area contributed by atoms with Gasteiger partial charge in [0.15, 0.2) is 5.01 Å². The van der Waals surface area contributed by atoms with Crippen LogP contribution in [-0.4, -0.2) is 48.4 Å². The maximum absolute atomic E-state index is 11.8. The number of carbonyl (C=O) groups excluding carboxylic acids is 1. The fourth-order valence-electron chi connectivity index (χ4n) is 1.80. The molecule has 1 N–H and O–H groups in total. The highest BCUT2D eigenvalue weighted by molar-refractivity contribution is 7.11. The highest BCUT2D eigenvalue weighted by Gasteiger charge is 2.21. The lowest BCUT2D eigenvalue weighted by Gasteiger charge is -2.21. The van der Waals surface area contributed by atoms with Gasteiger partial charge in [0.25, 0.3) is 0 Å². The number of hydrogen-bond donors (Lipinski definition) is 1. The Bertz CT molecular complexity index is 319. The predicted molar refractivity (Wildman–Crippen MR) is 60.3 cm³/mol. The van der Waals surface area contributed by atoms with Gasteiger partial charge in [-0.1, -0.05) is 0 Å². The van der Waals surface area contributed by atoms with Gasteiger partial charge < -0.3 is 5.32 Å². The molecule has 0 unspecified atom stereocenters. The van der Waals surface area contributed by atoms with Gasteiger partial charge >= 0.3 is 0 Å². The summed E-state index contributed by atoms with van der Waals surface area (Å²) >= 11 is 1.41. The second-order valence-electron chi connectivity index (χ2n) is 3.82. The van der Waals surface area contributed by atoms with Gasteiger partial charge in [0.05, 0.1) is 6.54 Å². The van der Waals surface area contributed by atoms with Crippen LogP contribution >= 0.6 is 11.3 Å². The first-order chi connectivity index (χ1) is 7.27. The normalized spacial score (nSPS) is 21.1. The second-order valence-corrected chi connectivity index (χ2v) is 4.72. The van der Waals surface area contributed by atoms with Crippen LogP contribution in [0.25, 0.3) is 0 Å². The summed E-state index contributed by atoms with van der Waals surface area (Å²) in [4.78, 5) is 17.9. The molecule has 15 heavy (non-hydrogen) atoms. The highest BCUT2D eigenvalue weighted by Crippen LogP contribution is 2.09. The van der Waals surface area contributed by atoms with Crippen LogP contribution in [0.2, 0.25) is 0 Å². The molecule has 1 aromatic heterocycles. The van der Waals surface area contributed by atoms with Crippen molar-refractivity contribution < 1.29 is 4.79 Å². The fourth-order valence-corrected chi connectivity index (χ4v) is 2.37. The third-order valence-electron chi connectivity index (χ3n) is 2.72. The van der Waals surface area contributed by atoms with E-state index < -0.39 is 0 Å². The monoisotopic (exact) mass is 225 g/mol. The number of carbonyl (C=O) groups is 1. The van der Waals surface area contributed by atoms with Gasteiger partial charge in [-0.05, 0) is 20.0 Å². The lowest BCUT2D eigenvalue weighted by Crippen LogP contribution is -2.37. The quantitative estimate of drug-likeness (QED) is 0.763. The van der Waals surface area contributed by atoms with Crippen molar-refractivity contribution in [2.24, 2.45) is 0 Å². The van der Waals surface area contributed by atoms with Crippen LogP contribution in [0.3, 0.4) is 0 Å². The average molecular weight is 225 g/mol. The first-order valence-corrected chi connectivity index (χ1v) is 5.99. The van der Waals surface area contributed by atoms with Crippen molar-refractivity contribution in [1.29, 1.82) is 0 Å². The molecule has 1 fully saturated rings. The highest BCUT2D eigenvalue weighted by atomic mass is 32.1. The number of aromatic nitrogens is 1. The minimum atomic E-state index is 0.124. The molecular formula is C10H15N3OS.